The standard InChI is InChI=1S/C15H21ClN2O2.ClH/c1-20-9-8-17-10-14(19)18-15(11-2-3-11)12-4-6-13(16)7-5-12;/h4-7,11,15,17H,2-3,8-10H2,1H3,(H,18,19);1H. The number of methoxy groups -OCH3 is 1. The van der Waals surface area contributed by atoms with Gasteiger partial charge in [-0.05, 0) is 36.5 Å². The van der Waals surface area contributed by atoms with Crippen LogP contribution in [0.5, 0.6) is 0 Å². The van der Waals surface area contributed by atoms with E-state index in [0.717, 1.165) is 10.6 Å². The van der Waals surface area contributed by atoms with E-state index in [1.165, 1.54) is 12.8 Å². The first-order valence-electron chi connectivity index (χ1n) is 6.95. The van der Waals surface area contributed by atoms with Crippen molar-refractivity contribution in [2.45, 2.75) is 18.9 Å². The average Bonchev–Trinajstić information content (AvgIpc) is 3.27. The first-order chi connectivity index (χ1) is 9.70. The van der Waals surface area contributed by atoms with Crippen molar-refractivity contribution < 1.29 is 9.53 Å². The highest BCUT2D eigenvalue weighted by molar-refractivity contribution is 6.30. The second-order valence-corrected chi connectivity index (χ2v) is 5.54. The summed E-state index contributed by atoms with van der Waals surface area (Å²) in [4.78, 5) is 11.9. The number of carbonyl (C=O) groups excluding carboxylic acids is 1. The molecule has 0 saturated heterocycles. The second kappa shape index (κ2) is 9.26. The maximum absolute atomic E-state index is 11.9. The molecule has 2 rings (SSSR count). The largest absolute Gasteiger partial charge is 0.383 e. The third kappa shape index (κ3) is 6.22. The molecule has 4 nitrogen and oxygen atoms in total. The Morgan fingerprint density at radius 2 is 2.05 bits per heavy atom. The first kappa shape index (κ1) is 18.2. The summed E-state index contributed by atoms with van der Waals surface area (Å²) in [5.41, 5.74) is 1.13. The molecule has 1 aliphatic carbocycles. The van der Waals surface area contributed by atoms with Gasteiger partial charge >= 0.3 is 0 Å². The minimum Gasteiger partial charge on any atom is -0.383 e. The number of nitrogens with one attached hydrogen (secondary N) is 2. The molecule has 2 N–H and O–H groups in total. The molecule has 0 radical (unpaired) electrons. The molecule has 21 heavy (non-hydrogen) atoms. The highest BCUT2D eigenvalue weighted by Gasteiger charge is 2.33. The van der Waals surface area contributed by atoms with Crippen LogP contribution in [0.3, 0.4) is 0 Å². The van der Waals surface area contributed by atoms with Gasteiger partial charge in [0.05, 0.1) is 19.2 Å². The van der Waals surface area contributed by atoms with Crippen molar-refractivity contribution in [2.75, 3.05) is 26.8 Å². The predicted octanol–water partition coefficient (Wildman–Crippen LogP) is 2.57. The smallest absolute Gasteiger partial charge is 0.234 e. The summed E-state index contributed by atoms with van der Waals surface area (Å²) in [5, 5.41) is 6.88. The number of hydrogen-bond donors (Lipinski definition) is 2. The van der Waals surface area contributed by atoms with Gasteiger partial charge in [-0.25, -0.2) is 0 Å². The van der Waals surface area contributed by atoms with Gasteiger partial charge in [0.2, 0.25) is 5.91 Å². The van der Waals surface area contributed by atoms with Crippen molar-refractivity contribution in [3.63, 3.8) is 0 Å². The van der Waals surface area contributed by atoms with Crippen molar-refractivity contribution >= 4 is 29.9 Å². The fraction of sp³-hybridized carbons (Fsp3) is 0.533. The topological polar surface area (TPSA) is 50.4 Å². The molecule has 1 saturated carbocycles. The molecule has 1 aromatic carbocycles. The van der Waals surface area contributed by atoms with E-state index in [2.05, 4.69) is 10.6 Å². The monoisotopic (exact) mass is 332 g/mol. The van der Waals surface area contributed by atoms with E-state index in [4.69, 9.17) is 16.3 Å². The zero-order valence-corrected chi connectivity index (χ0v) is 13.7. The SMILES string of the molecule is COCCNCC(=O)NC(c1ccc(Cl)cc1)C1CC1.Cl. The molecule has 0 aliphatic heterocycles. The highest BCUT2D eigenvalue weighted by Crippen LogP contribution is 2.41. The normalized spacial score (nSPS) is 15.1. The summed E-state index contributed by atoms with van der Waals surface area (Å²) in [6, 6.07) is 7.82. The molecular formula is C15H22Cl2N2O2. The Morgan fingerprint density at radius 1 is 1.38 bits per heavy atom. The van der Waals surface area contributed by atoms with E-state index < -0.39 is 0 Å². The van der Waals surface area contributed by atoms with Gasteiger partial charge in [-0.2, -0.15) is 0 Å². The van der Waals surface area contributed by atoms with Crippen LogP contribution in [-0.4, -0.2) is 32.7 Å². The van der Waals surface area contributed by atoms with Crippen LogP contribution in [0.1, 0.15) is 24.4 Å². The Kier molecular flexibility index (Phi) is 8.04. The van der Waals surface area contributed by atoms with E-state index in [-0.39, 0.29) is 24.4 Å². The fourth-order valence-corrected chi connectivity index (χ4v) is 2.30. The fourth-order valence-electron chi connectivity index (χ4n) is 2.17. The van der Waals surface area contributed by atoms with Crippen LogP contribution >= 0.6 is 24.0 Å². The van der Waals surface area contributed by atoms with Crippen LogP contribution in [0, 0.1) is 5.92 Å². The lowest BCUT2D eigenvalue weighted by molar-refractivity contribution is -0.121. The summed E-state index contributed by atoms with van der Waals surface area (Å²) in [6.45, 7) is 1.61. The molecule has 1 fully saturated rings. The molecule has 0 spiro atoms. The van der Waals surface area contributed by atoms with Crippen LogP contribution in [0.15, 0.2) is 24.3 Å². The third-order valence-corrected chi connectivity index (χ3v) is 3.66. The molecule has 1 amide bonds. The molecule has 0 aromatic heterocycles. The van der Waals surface area contributed by atoms with Crippen LogP contribution in [0.25, 0.3) is 0 Å². The van der Waals surface area contributed by atoms with E-state index in [1.807, 2.05) is 24.3 Å². The number of ether oxygens (including phenoxy) is 1. The Hall–Kier alpha value is -0.810. The summed E-state index contributed by atoms with van der Waals surface area (Å²) in [5.74, 6) is 0.576. The summed E-state index contributed by atoms with van der Waals surface area (Å²) in [6.07, 6.45) is 2.34. The van der Waals surface area contributed by atoms with Gasteiger partial charge in [0.1, 0.15) is 0 Å². The summed E-state index contributed by atoms with van der Waals surface area (Å²) < 4.78 is 4.93. The Morgan fingerprint density at radius 3 is 2.62 bits per heavy atom. The van der Waals surface area contributed by atoms with Gasteiger partial charge in [0, 0.05) is 18.7 Å². The zero-order chi connectivity index (χ0) is 14.4. The minimum absolute atomic E-state index is 0. The molecule has 1 unspecified atom stereocenters. The van der Waals surface area contributed by atoms with Gasteiger partial charge in [0.15, 0.2) is 0 Å². The number of halogens is 2. The molecule has 1 aliphatic rings. The van der Waals surface area contributed by atoms with E-state index in [9.17, 15) is 4.79 Å². The van der Waals surface area contributed by atoms with Crippen molar-refractivity contribution in [3.05, 3.63) is 34.9 Å². The molecule has 0 heterocycles. The van der Waals surface area contributed by atoms with Crippen molar-refractivity contribution in [3.8, 4) is 0 Å². The van der Waals surface area contributed by atoms with E-state index >= 15 is 0 Å². The van der Waals surface area contributed by atoms with E-state index in [0.29, 0.717) is 25.6 Å². The van der Waals surface area contributed by atoms with Crippen LogP contribution in [-0.2, 0) is 9.53 Å². The minimum atomic E-state index is 0. The molecule has 6 heteroatoms. The molecule has 1 aromatic rings. The van der Waals surface area contributed by atoms with Crippen molar-refractivity contribution in [2.24, 2.45) is 5.92 Å². The van der Waals surface area contributed by atoms with Gasteiger partial charge in [0.25, 0.3) is 0 Å². The maximum atomic E-state index is 11.9. The van der Waals surface area contributed by atoms with Gasteiger partial charge < -0.3 is 15.4 Å². The lowest BCUT2D eigenvalue weighted by Crippen LogP contribution is -2.38. The molecule has 118 valence electrons. The number of hydrogen-bond acceptors (Lipinski definition) is 3. The van der Waals surface area contributed by atoms with Crippen molar-refractivity contribution in [1.82, 2.24) is 10.6 Å². The lowest BCUT2D eigenvalue weighted by Gasteiger charge is -2.19. The predicted molar refractivity (Wildman–Crippen MR) is 87.1 cm³/mol. The van der Waals surface area contributed by atoms with Crippen LogP contribution in [0.2, 0.25) is 5.02 Å². The molecule has 1 atom stereocenters. The Balaban J connectivity index is 0.00000220. The third-order valence-electron chi connectivity index (χ3n) is 3.41. The summed E-state index contributed by atoms with van der Waals surface area (Å²) >= 11 is 5.91. The average molecular weight is 333 g/mol. The van der Waals surface area contributed by atoms with Gasteiger partial charge in [-0.3, -0.25) is 4.79 Å². The number of rotatable bonds is 8. The van der Waals surface area contributed by atoms with Crippen molar-refractivity contribution in [1.29, 1.82) is 0 Å². The molecule has 0 bridgehead atoms. The molecular weight excluding hydrogens is 311 g/mol. The first-order valence-corrected chi connectivity index (χ1v) is 7.33. The van der Waals surface area contributed by atoms with Crippen LogP contribution < -0.4 is 10.6 Å². The zero-order valence-electron chi connectivity index (χ0n) is 12.1. The quantitative estimate of drug-likeness (QED) is 0.719. The Bertz CT molecular complexity index is 436. The lowest BCUT2D eigenvalue weighted by atomic mass is 10.0. The number of benzene rings is 1. The van der Waals surface area contributed by atoms with Gasteiger partial charge in [-0.15, -0.1) is 12.4 Å². The van der Waals surface area contributed by atoms with Gasteiger partial charge in [-0.1, -0.05) is 23.7 Å². The van der Waals surface area contributed by atoms with E-state index in [1.54, 1.807) is 7.11 Å². The maximum Gasteiger partial charge on any atom is 0.234 e. The second-order valence-electron chi connectivity index (χ2n) is 5.10. The number of carbonyl (C=O) groups is 1. The summed E-state index contributed by atoms with van der Waals surface area (Å²) in [7, 11) is 1.64. The Labute approximate surface area is 137 Å². The highest BCUT2D eigenvalue weighted by atomic mass is 35.5. The van der Waals surface area contributed by atoms with Crippen LogP contribution in [0.4, 0.5) is 0 Å². The number of amides is 1.